The summed E-state index contributed by atoms with van der Waals surface area (Å²) in [5, 5.41) is 11.1. The standard InChI is InChI=1S/C10H15N5O4S/c1-6(12-14-10(17)19-4)7(8(16)18-3)20-9-13-11-5-15(9)2/h5,7H,1-4H3,(H,14,17)/b12-6+. The lowest BCUT2D eigenvalue weighted by molar-refractivity contribution is -0.138. The van der Waals surface area contributed by atoms with Crippen LogP contribution in [0.4, 0.5) is 4.79 Å². The van der Waals surface area contributed by atoms with Crippen molar-refractivity contribution in [2.24, 2.45) is 12.1 Å². The van der Waals surface area contributed by atoms with Gasteiger partial charge in [-0.25, -0.2) is 10.2 Å². The fourth-order valence-corrected chi connectivity index (χ4v) is 2.07. The molecule has 9 nitrogen and oxygen atoms in total. The Labute approximate surface area is 119 Å². The third kappa shape index (κ3) is 4.23. The Hall–Kier alpha value is -2.10. The van der Waals surface area contributed by atoms with Crippen LogP contribution in [0.15, 0.2) is 16.6 Å². The van der Waals surface area contributed by atoms with E-state index in [9.17, 15) is 9.59 Å². The van der Waals surface area contributed by atoms with Crippen molar-refractivity contribution in [3.8, 4) is 0 Å². The summed E-state index contributed by atoms with van der Waals surface area (Å²) in [5.74, 6) is -0.508. The van der Waals surface area contributed by atoms with E-state index in [2.05, 4.69) is 25.5 Å². The minimum atomic E-state index is -0.750. The van der Waals surface area contributed by atoms with Crippen LogP contribution in [0, 0.1) is 0 Å². The fourth-order valence-electron chi connectivity index (χ4n) is 1.13. The van der Waals surface area contributed by atoms with Crippen molar-refractivity contribution in [2.45, 2.75) is 17.3 Å². The van der Waals surface area contributed by atoms with Crippen molar-refractivity contribution >= 4 is 29.5 Å². The maximum absolute atomic E-state index is 11.8. The van der Waals surface area contributed by atoms with Crippen molar-refractivity contribution in [3.63, 3.8) is 0 Å². The molecular weight excluding hydrogens is 286 g/mol. The first kappa shape index (κ1) is 16.0. The number of carbonyl (C=O) groups excluding carboxylic acids is 2. The van der Waals surface area contributed by atoms with Crippen LogP contribution in [0.3, 0.4) is 0 Å². The van der Waals surface area contributed by atoms with Crippen molar-refractivity contribution in [2.75, 3.05) is 14.2 Å². The Morgan fingerprint density at radius 3 is 2.65 bits per heavy atom. The van der Waals surface area contributed by atoms with Gasteiger partial charge >= 0.3 is 12.1 Å². The molecule has 0 aliphatic rings. The summed E-state index contributed by atoms with van der Waals surface area (Å²) in [6.45, 7) is 1.58. The lowest BCUT2D eigenvalue weighted by Gasteiger charge is -2.13. The highest BCUT2D eigenvalue weighted by Crippen LogP contribution is 2.22. The minimum Gasteiger partial charge on any atom is -0.468 e. The third-order valence-electron chi connectivity index (χ3n) is 2.20. The fraction of sp³-hybridized carbons (Fsp3) is 0.500. The van der Waals surface area contributed by atoms with Crippen LogP contribution >= 0.6 is 11.8 Å². The van der Waals surface area contributed by atoms with Gasteiger partial charge in [-0.3, -0.25) is 4.79 Å². The van der Waals surface area contributed by atoms with Gasteiger partial charge in [0.05, 0.1) is 19.9 Å². The lowest BCUT2D eigenvalue weighted by atomic mass is 10.3. The molecule has 110 valence electrons. The van der Waals surface area contributed by atoms with Gasteiger partial charge in [-0.05, 0) is 6.92 Å². The van der Waals surface area contributed by atoms with Crippen molar-refractivity contribution in [1.29, 1.82) is 0 Å². The summed E-state index contributed by atoms with van der Waals surface area (Å²) >= 11 is 1.11. The summed E-state index contributed by atoms with van der Waals surface area (Å²) < 4.78 is 10.8. The number of aryl methyl sites for hydroxylation is 1. The zero-order valence-corrected chi connectivity index (χ0v) is 12.3. The van der Waals surface area contributed by atoms with Gasteiger partial charge in [-0.2, -0.15) is 5.10 Å². The van der Waals surface area contributed by atoms with Crippen LogP contribution in [0.1, 0.15) is 6.92 Å². The number of ether oxygens (including phenoxy) is 2. The number of hydrazone groups is 1. The Bertz CT molecular complexity index is 516. The first-order valence-electron chi connectivity index (χ1n) is 5.46. The smallest absolute Gasteiger partial charge is 0.427 e. The van der Waals surface area contributed by atoms with Crippen LogP contribution in [0.25, 0.3) is 0 Å². The number of amides is 1. The number of rotatable bonds is 5. The molecule has 0 aliphatic carbocycles. The van der Waals surface area contributed by atoms with E-state index in [0.717, 1.165) is 11.8 Å². The molecular formula is C10H15N5O4S. The molecule has 1 amide bonds. The van der Waals surface area contributed by atoms with Gasteiger partial charge in [0.15, 0.2) is 5.16 Å². The number of hydrogen-bond donors (Lipinski definition) is 1. The zero-order chi connectivity index (χ0) is 15.1. The second-order valence-electron chi connectivity index (χ2n) is 3.60. The third-order valence-corrected chi connectivity index (χ3v) is 3.55. The highest BCUT2D eigenvalue weighted by Gasteiger charge is 2.26. The minimum absolute atomic E-state index is 0.343. The number of nitrogens with zero attached hydrogens (tertiary/aromatic N) is 4. The summed E-state index contributed by atoms with van der Waals surface area (Å²) in [7, 11) is 4.23. The van der Waals surface area contributed by atoms with Gasteiger partial charge in [-0.1, -0.05) is 11.8 Å². The highest BCUT2D eigenvalue weighted by atomic mass is 32.2. The average Bonchev–Trinajstić information content (AvgIpc) is 2.86. The molecule has 20 heavy (non-hydrogen) atoms. The number of thioether (sulfide) groups is 1. The van der Waals surface area contributed by atoms with Gasteiger partial charge in [0.2, 0.25) is 0 Å². The molecule has 1 aromatic rings. The van der Waals surface area contributed by atoms with Gasteiger partial charge < -0.3 is 14.0 Å². The molecule has 10 heteroatoms. The maximum Gasteiger partial charge on any atom is 0.427 e. The molecule has 0 fully saturated rings. The second kappa shape index (κ2) is 7.48. The van der Waals surface area contributed by atoms with Crippen LogP contribution < -0.4 is 5.43 Å². The quantitative estimate of drug-likeness (QED) is 0.358. The SMILES string of the molecule is COC(=O)N/N=C(\C)C(Sc1nncn1C)C(=O)OC. The largest absolute Gasteiger partial charge is 0.468 e. The lowest BCUT2D eigenvalue weighted by Crippen LogP contribution is -2.29. The van der Waals surface area contributed by atoms with Crippen LogP contribution in [0.5, 0.6) is 0 Å². The van der Waals surface area contributed by atoms with Crippen LogP contribution in [0.2, 0.25) is 0 Å². The van der Waals surface area contributed by atoms with Gasteiger partial charge in [0.1, 0.15) is 11.6 Å². The molecule has 1 aromatic heterocycles. The van der Waals surface area contributed by atoms with E-state index in [1.54, 1.807) is 18.5 Å². The van der Waals surface area contributed by atoms with E-state index in [4.69, 9.17) is 4.74 Å². The monoisotopic (exact) mass is 301 g/mol. The van der Waals surface area contributed by atoms with E-state index >= 15 is 0 Å². The molecule has 0 aliphatic heterocycles. The second-order valence-corrected chi connectivity index (χ2v) is 4.67. The molecule has 0 saturated heterocycles. The van der Waals surface area contributed by atoms with Gasteiger partial charge in [0.25, 0.3) is 0 Å². The summed E-state index contributed by atoms with van der Waals surface area (Å²) in [5.41, 5.74) is 2.49. The molecule has 1 unspecified atom stereocenters. The van der Waals surface area contributed by atoms with Crippen molar-refractivity contribution in [3.05, 3.63) is 6.33 Å². The molecule has 0 saturated carbocycles. The topological polar surface area (TPSA) is 108 Å². The highest BCUT2D eigenvalue weighted by molar-refractivity contribution is 8.01. The predicted molar refractivity (Wildman–Crippen MR) is 71.3 cm³/mol. The number of carbonyl (C=O) groups is 2. The Balaban J connectivity index is 2.86. The van der Waals surface area contributed by atoms with Crippen molar-refractivity contribution < 1.29 is 19.1 Å². The number of esters is 1. The Morgan fingerprint density at radius 1 is 1.45 bits per heavy atom. The molecule has 1 atom stereocenters. The molecule has 0 bridgehead atoms. The predicted octanol–water partition coefficient (Wildman–Crippen LogP) is 0.181. The molecule has 1 heterocycles. The van der Waals surface area contributed by atoms with E-state index in [0.29, 0.717) is 10.9 Å². The normalized spacial score (nSPS) is 12.7. The van der Waals surface area contributed by atoms with Gasteiger partial charge in [-0.15, -0.1) is 10.2 Å². The summed E-state index contributed by atoms with van der Waals surface area (Å²) in [4.78, 5) is 22.7. The number of aromatic nitrogens is 3. The first-order chi connectivity index (χ1) is 9.49. The molecule has 1 rings (SSSR count). The van der Waals surface area contributed by atoms with E-state index in [1.807, 2.05) is 0 Å². The average molecular weight is 301 g/mol. The summed E-state index contributed by atoms with van der Waals surface area (Å²) in [6, 6.07) is 0. The Kier molecular flexibility index (Phi) is 5.97. The molecule has 0 aromatic carbocycles. The van der Waals surface area contributed by atoms with Crippen LogP contribution in [-0.4, -0.2) is 52.0 Å². The number of nitrogens with one attached hydrogen (secondary N) is 1. The molecule has 0 radical (unpaired) electrons. The van der Waals surface area contributed by atoms with E-state index in [-0.39, 0.29) is 0 Å². The van der Waals surface area contributed by atoms with E-state index < -0.39 is 17.3 Å². The summed E-state index contributed by atoms with van der Waals surface area (Å²) in [6.07, 6.45) is 0.784. The van der Waals surface area contributed by atoms with Crippen molar-refractivity contribution in [1.82, 2.24) is 20.2 Å². The zero-order valence-electron chi connectivity index (χ0n) is 11.5. The van der Waals surface area contributed by atoms with Crippen LogP contribution in [-0.2, 0) is 21.3 Å². The number of methoxy groups -OCH3 is 2. The first-order valence-corrected chi connectivity index (χ1v) is 6.34. The maximum atomic E-state index is 11.8. The van der Waals surface area contributed by atoms with Gasteiger partial charge in [0, 0.05) is 7.05 Å². The molecule has 0 spiro atoms. The number of hydrogen-bond acceptors (Lipinski definition) is 8. The molecule has 1 N–H and O–H groups in total. The van der Waals surface area contributed by atoms with E-state index in [1.165, 1.54) is 20.5 Å². The Morgan fingerprint density at radius 2 is 2.15 bits per heavy atom.